The van der Waals surface area contributed by atoms with Crippen LogP contribution in [0.5, 0.6) is 5.75 Å². The van der Waals surface area contributed by atoms with Gasteiger partial charge in [0.25, 0.3) is 0 Å². The normalized spacial score (nSPS) is 13.5. The first-order chi connectivity index (χ1) is 27.0. The highest BCUT2D eigenvalue weighted by atomic mass is 16.5. The first-order valence-corrected chi connectivity index (χ1v) is 18.6. The van der Waals surface area contributed by atoms with Crippen molar-refractivity contribution in [3.8, 4) is 28.5 Å². The van der Waals surface area contributed by atoms with Gasteiger partial charge in [0, 0.05) is 33.4 Å². The molecule has 10 aromatic rings. The van der Waals surface area contributed by atoms with E-state index in [1.807, 2.05) is 66.7 Å². The number of rotatable bonds is 4. The van der Waals surface area contributed by atoms with Crippen molar-refractivity contribution in [1.82, 2.24) is 15.0 Å². The standard InChI is InChI=1S/C49H34N4O2/c1-49(2)40-20-12-13-21-42(40)53(48-51-46(29-14-6-4-7-15-29)50-47(52-48)30-16-8-5-9-17-30)43-28-45-39(26-41(43)49)38-25-36-33-19-11-10-18-32(33)35-24-31(54-3)22-23-34(35)37(36)27-44(38)55-45/h4-28H,1-3H3. The summed E-state index contributed by atoms with van der Waals surface area (Å²) in [6.45, 7) is 4.61. The lowest BCUT2D eigenvalue weighted by Crippen LogP contribution is -2.31. The maximum absolute atomic E-state index is 6.85. The van der Waals surface area contributed by atoms with E-state index in [9.17, 15) is 0 Å². The number of para-hydroxylation sites is 1. The second-order valence-electron chi connectivity index (χ2n) is 14.8. The fraction of sp³-hybridized carbons (Fsp3) is 0.0816. The van der Waals surface area contributed by atoms with Gasteiger partial charge in [-0.3, -0.25) is 4.90 Å². The summed E-state index contributed by atoms with van der Waals surface area (Å²) in [7, 11) is 1.72. The SMILES string of the molecule is COc1ccc2c(c1)c1ccccc1c1cc3c(cc21)oc1cc2c(cc13)C(C)(C)c1ccccc1N2c1nc(-c2ccccc2)nc(-c2ccccc2)n1. The Morgan fingerprint density at radius 3 is 1.73 bits per heavy atom. The zero-order valence-electron chi connectivity index (χ0n) is 30.5. The number of fused-ring (bicyclic) bond motifs is 11. The van der Waals surface area contributed by atoms with Crippen LogP contribution in [0.15, 0.2) is 156 Å². The highest BCUT2D eigenvalue weighted by Gasteiger charge is 2.39. The summed E-state index contributed by atoms with van der Waals surface area (Å²) < 4.78 is 12.5. The third-order valence-electron chi connectivity index (χ3n) is 11.4. The van der Waals surface area contributed by atoms with E-state index in [4.69, 9.17) is 24.1 Å². The van der Waals surface area contributed by atoms with Gasteiger partial charge in [-0.1, -0.05) is 123 Å². The molecular weight excluding hydrogens is 677 g/mol. The van der Waals surface area contributed by atoms with Gasteiger partial charge in [-0.25, -0.2) is 4.98 Å². The van der Waals surface area contributed by atoms with E-state index in [2.05, 4.69) is 104 Å². The molecule has 0 aliphatic carbocycles. The molecule has 0 unspecified atom stereocenters. The molecule has 0 saturated carbocycles. The van der Waals surface area contributed by atoms with Gasteiger partial charge in [0.1, 0.15) is 16.9 Å². The molecule has 262 valence electrons. The number of benzene rings is 8. The van der Waals surface area contributed by atoms with E-state index >= 15 is 0 Å². The van der Waals surface area contributed by atoms with Crippen molar-refractivity contribution in [2.75, 3.05) is 12.0 Å². The fourth-order valence-corrected chi connectivity index (χ4v) is 8.63. The number of ether oxygens (including phenoxy) is 1. The van der Waals surface area contributed by atoms with Gasteiger partial charge < -0.3 is 9.15 Å². The minimum absolute atomic E-state index is 0.337. The lowest BCUT2D eigenvalue weighted by atomic mass is 9.73. The van der Waals surface area contributed by atoms with Crippen molar-refractivity contribution in [2.45, 2.75) is 19.3 Å². The van der Waals surface area contributed by atoms with Gasteiger partial charge in [0.2, 0.25) is 5.95 Å². The summed E-state index contributed by atoms with van der Waals surface area (Å²) in [5, 5.41) is 9.22. The maximum atomic E-state index is 6.85. The van der Waals surface area contributed by atoms with E-state index in [0.29, 0.717) is 17.6 Å². The summed E-state index contributed by atoms with van der Waals surface area (Å²) in [4.78, 5) is 17.6. The summed E-state index contributed by atoms with van der Waals surface area (Å²) in [5.74, 6) is 2.61. The van der Waals surface area contributed by atoms with Crippen molar-refractivity contribution in [3.05, 3.63) is 163 Å². The van der Waals surface area contributed by atoms with Crippen molar-refractivity contribution >= 4 is 71.6 Å². The van der Waals surface area contributed by atoms with E-state index in [1.54, 1.807) is 7.11 Å². The predicted molar refractivity (Wildman–Crippen MR) is 224 cm³/mol. The maximum Gasteiger partial charge on any atom is 0.238 e. The van der Waals surface area contributed by atoms with Crippen LogP contribution in [0.25, 0.3) is 77.0 Å². The molecule has 6 nitrogen and oxygen atoms in total. The Bertz CT molecular complexity index is 3110. The Morgan fingerprint density at radius 1 is 0.473 bits per heavy atom. The van der Waals surface area contributed by atoms with Gasteiger partial charge in [-0.05, 0) is 79.8 Å². The lowest BCUT2D eigenvalue weighted by molar-refractivity contribution is 0.415. The van der Waals surface area contributed by atoms with Crippen molar-refractivity contribution in [3.63, 3.8) is 0 Å². The second kappa shape index (κ2) is 11.7. The highest BCUT2D eigenvalue weighted by molar-refractivity contribution is 6.28. The summed E-state index contributed by atoms with van der Waals surface area (Å²) in [6.07, 6.45) is 0. The van der Waals surface area contributed by atoms with Gasteiger partial charge >= 0.3 is 0 Å². The molecule has 0 bridgehead atoms. The van der Waals surface area contributed by atoms with Crippen LogP contribution < -0.4 is 9.64 Å². The molecule has 0 fully saturated rings. The predicted octanol–water partition coefficient (Wildman–Crippen LogP) is 12.7. The number of anilines is 3. The monoisotopic (exact) mass is 710 g/mol. The third-order valence-corrected chi connectivity index (χ3v) is 11.4. The quantitative estimate of drug-likeness (QED) is 0.169. The van der Waals surface area contributed by atoms with E-state index < -0.39 is 0 Å². The molecule has 6 heteroatoms. The Labute approximate surface area is 317 Å². The Morgan fingerprint density at radius 2 is 1.04 bits per heavy atom. The smallest absolute Gasteiger partial charge is 0.238 e. The Kier molecular flexibility index (Phi) is 6.71. The van der Waals surface area contributed by atoms with E-state index in [1.165, 1.54) is 27.3 Å². The highest BCUT2D eigenvalue weighted by Crippen LogP contribution is 2.53. The average Bonchev–Trinajstić information content (AvgIpc) is 3.59. The van der Waals surface area contributed by atoms with Gasteiger partial charge in [0.05, 0.1) is 18.5 Å². The second-order valence-corrected chi connectivity index (χ2v) is 14.8. The summed E-state index contributed by atoms with van der Waals surface area (Å²) in [6, 6.07) is 52.8. The molecule has 0 N–H and O–H groups in total. The van der Waals surface area contributed by atoms with E-state index in [-0.39, 0.29) is 5.41 Å². The van der Waals surface area contributed by atoms with Gasteiger partial charge in [-0.15, -0.1) is 0 Å². The summed E-state index contributed by atoms with van der Waals surface area (Å²) in [5.41, 5.74) is 7.52. The van der Waals surface area contributed by atoms with Gasteiger partial charge in [0.15, 0.2) is 11.6 Å². The van der Waals surface area contributed by atoms with Gasteiger partial charge in [-0.2, -0.15) is 9.97 Å². The van der Waals surface area contributed by atoms with Crippen LogP contribution in [0.2, 0.25) is 0 Å². The number of methoxy groups -OCH3 is 1. The molecule has 0 radical (unpaired) electrons. The van der Waals surface area contributed by atoms with Crippen LogP contribution in [0.3, 0.4) is 0 Å². The van der Waals surface area contributed by atoms with Crippen molar-refractivity contribution in [2.24, 2.45) is 0 Å². The summed E-state index contributed by atoms with van der Waals surface area (Å²) >= 11 is 0. The lowest BCUT2D eigenvalue weighted by Gasteiger charge is -2.41. The number of aromatic nitrogens is 3. The molecule has 55 heavy (non-hydrogen) atoms. The van der Waals surface area contributed by atoms with Crippen molar-refractivity contribution < 1.29 is 9.15 Å². The molecule has 1 aliphatic heterocycles. The molecule has 2 aromatic heterocycles. The first-order valence-electron chi connectivity index (χ1n) is 18.6. The number of nitrogens with zero attached hydrogens (tertiary/aromatic N) is 4. The van der Waals surface area contributed by atoms with Crippen LogP contribution >= 0.6 is 0 Å². The molecular formula is C49H34N4O2. The van der Waals surface area contributed by atoms with E-state index in [0.717, 1.165) is 66.3 Å². The zero-order valence-corrected chi connectivity index (χ0v) is 30.5. The van der Waals surface area contributed by atoms with Crippen LogP contribution in [-0.4, -0.2) is 22.1 Å². The average molecular weight is 711 g/mol. The Hall–Kier alpha value is -7.05. The molecule has 8 aromatic carbocycles. The fourth-order valence-electron chi connectivity index (χ4n) is 8.63. The topological polar surface area (TPSA) is 64.3 Å². The molecule has 3 heterocycles. The molecule has 0 spiro atoms. The molecule has 1 aliphatic rings. The minimum Gasteiger partial charge on any atom is -0.497 e. The van der Waals surface area contributed by atoms with Crippen LogP contribution in [-0.2, 0) is 5.41 Å². The Balaban J connectivity index is 1.19. The molecule has 0 atom stereocenters. The third kappa shape index (κ3) is 4.71. The number of furan rings is 1. The molecule has 0 saturated heterocycles. The van der Waals surface area contributed by atoms with Crippen molar-refractivity contribution in [1.29, 1.82) is 0 Å². The number of hydrogen-bond donors (Lipinski definition) is 0. The van der Waals surface area contributed by atoms with Crippen LogP contribution in [0.1, 0.15) is 25.0 Å². The molecule has 11 rings (SSSR count). The molecule has 0 amide bonds. The van der Waals surface area contributed by atoms with Crippen LogP contribution in [0.4, 0.5) is 17.3 Å². The number of hydrogen-bond acceptors (Lipinski definition) is 6. The van der Waals surface area contributed by atoms with Crippen LogP contribution in [0, 0.1) is 0 Å². The largest absolute Gasteiger partial charge is 0.497 e. The first kappa shape index (κ1) is 31.5. The minimum atomic E-state index is -0.337. The zero-order chi connectivity index (χ0) is 36.8.